The molecule has 0 aliphatic carbocycles. The molecule has 0 atom stereocenters. The van der Waals surface area contributed by atoms with E-state index in [1.165, 1.54) is 29.8 Å². The van der Waals surface area contributed by atoms with Crippen LogP contribution in [0.1, 0.15) is 5.69 Å². The maximum absolute atomic E-state index is 11.4. The zero-order valence-corrected chi connectivity index (χ0v) is 11.5. The van der Waals surface area contributed by atoms with Gasteiger partial charge in [0, 0.05) is 12.5 Å². The summed E-state index contributed by atoms with van der Waals surface area (Å²) in [7, 11) is 1.47. The van der Waals surface area contributed by atoms with E-state index in [0.29, 0.717) is 10.3 Å². The molecule has 0 radical (unpaired) electrons. The van der Waals surface area contributed by atoms with E-state index in [4.69, 9.17) is 10.5 Å². The molecule has 0 bridgehead atoms. The average molecular weight is 284 g/mol. The van der Waals surface area contributed by atoms with Gasteiger partial charge in [-0.15, -0.1) is 11.3 Å². The van der Waals surface area contributed by atoms with Gasteiger partial charge in [-0.25, -0.2) is 9.97 Å². The van der Waals surface area contributed by atoms with Gasteiger partial charge in [-0.3, -0.25) is 10.1 Å². The molecular weight excluding hydrogens is 272 g/mol. The molecule has 0 aliphatic rings. The van der Waals surface area contributed by atoms with Gasteiger partial charge in [0.25, 0.3) is 5.91 Å². The Hall–Kier alpha value is -1.51. The van der Waals surface area contributed by atoms with Crippen LogP contribution in [0.15, 0.2) is 5.38 Å². The molecular formula is C10H12N4O2S2. The number of carbonyl (C=O) groups excluding carboxylic acids is 1. The molecule has 0 spiro atoms. The molecule has 0 saturated carbocycles. The highest BCUT2D eigenvalue weighted by Crippen LogP contribution is 2.33. The Balaban J connectivity index is 2.19. The molecule has 2 aromatic rings. The SMILES string of the molecule is COCC(=O)Nc1nc(C)c(-c2csc(N)n2)s1. The number of thiazole rings is 2. The molecule has 2 heterocycles. The van der Waals surface area contributed by atoms with Gasteiger partial charge in [0.15, 0.2) is 10.3 Å². The van der Waals surface area contributed by atoms with E-state index in [2.05, 4.69) is 15.3 Å². The minimum Gasteiger partial charge on any atom is -0.375 e. The van der Waals surface area contributed by atoms with Crippen LogP contribution in [0.2, 0.25) is 0 Å². The molecule has 2 rings (SSSR count). The average Bonchev–Trinajstić information content (AvgIpc) is 2.85. The Morgan fingerprint density at radius 1 is 1.56 bits per heavy atom. The first-order valence-electron chi connectivity index (χ1n) is 5.07. The molecule has 8 heteroatoms. The molecule has 0 unspecified atom stereocenters. The highest BCUT2D eigenvalue weighted by Gasteiger charge is 2.13. The highest BCUT2D eigenvalue weighted by atomic mass is 32.1. The van der Waals surface area contributed by atoms with Crippen molar-refractivity contribution in [1.82, 2.24) is 9.97 Å². The van der Waals surface area contributed by atoms with E-state index in [1.54, 1.807) is 0 Å². The van der Waals surface area contributed by atoms with Gasteiger partial charge >= 0.3 is 0 Å². The number of nitrogens with zero attached hydrogens (tertiary/aromatic N) is 2. The number of aromatic nitrogens is 2. The van der Waals surface area contributed by atoms with Crippen molar-refractivity contribution in [2.45, 2.75) is 6.92 Å². The Bertz CT molecular complexity index is 564. The van der Waals surface area contributed by atoms with Gasteiger partial charge < -0.3 is 10.5 Å². The van der Waals surface area contributed by atoms with Crippen molar-refractivity contribution < 1.29 is 9.53 Å². The van der Waals surface area contributed by atoms with E-state index in [0.717, 1.165) is 16.3 Å². The first-order valence-corrected chi connectivity index (χ1v) is 6.77. The van der Waals surface area contributed by atoms with Crippen LogP contribution in [0.3, 0.4) is 0 Å². The van der Waals surface area contributed by atoms with Crippen molar-refractivity contribution in [3.05, 3.63) is 11.1 Å². The molecule has 96 valence electrons. The topological polar surface area (TPSA) is 90.1 Å². The van der Waals surface area contributed by atoms with Gasteiger partial charge in [-0.1, -0.05) is 11.3 Å². The van der Waals surface area contributed by atoms with E-state index >= 15 is 0 Å². The third-order valence-electron chi connectivity index (χ3n) is 2.07. The largest absolute Gasteiger partial charge is 0.375 e. The number of methoxy groups -OCH3 is 1. The van der Waals surface area contributed by atoms with Crippen LogP contribution in [0, 0.1) is 6.92 Å². The summed E-state index contributed by atoms with van der Waals surface area (Å²) in [5.41, 5.74) is 7.21. The second-order valence-corrected chi connectivity index (χ2v) is 5.37. The summed E-state index contributed by atoms with van der Waals surface area (Å²) in [5, 5.41) is 5.59. The number of aryl methyl sites for hydroxylation is 1. The Kier molecular flexibility index (Phi) is 3.90. The summed E-state index contributed by atoms with van der Waals surface area (Å²) in [6.45, 7) is 1.88. The van der Waals surface area contributed by atoms with Crippen molar-refractivity contribution in [2.24, 2.45) is 0 Å². The minimum absolute atomic E-state index is 0.0115. The third kappa shape index (κ3) is 2.84. The molecule has 0 fully saturated rings. The Morgan fingerprint density at radius 3 is 2.94 bits per heavy atom. The van der Waals surface area contributed by atoms with Gasteiger partial charge in [-0.2, -0.15) is 0 Å². The van der Waals surface area contributed by atoms with Crippen molar-refractivity contribution in [3.63, 3.8) is 0 Å². The van der Waals surface area contributed by atoms with Gasteiger partial charge in [-0.05, 0) is 6.92 Å². The summed E-state index contributed by atoms with van der Waals surface area (Å²) < 4.78 is 4.74. The standard InChI is InChI=1S/C10H12N4O2S2/c1-5-8(6-4-17-9(11)13-6)18-10(12-5)14-7(15)3-16-2/h4H,3H2,1-2H3,(H2,11,13)(H,12,14,15). The van der Waals surface area contributed by atoms with E-state index in [9.17, 15) is 4.79 Å². The smallest absolute Gasteiger partial charge is 0.252 e. The van der Waals surface area contributed by atoms with Crippen LogP contribution in [-0.4, -0.2) is 29.6 Å². The number of carbonyl (C=O) groups is 1. The molecule has 18 heavy (non-hydrogen) atoms. The summed E-state index contributed by atoms with van der Waals surface area (Å²) in [4.78, 5) is 20.8. The molecule has 0 aliphatic heterocycles. The number of nitrogen functional groups attached to an aromatic ring is 1. The first kappa shape index (κ1) is 12.9. The number of hydrogen-bond donors (Lipinski definition) is 2. The number of nitrogens with two attached hydrogens (primary N) is 1. The van der Waals surface area contributed by atoms with Crippen LogP contribution in [0.25, 0.3) is 10.6 Å². The van der Waals surface area contributed by atoms with Crippen molar-refractivity contribution in [2.75, 3.05) is 24.8 Å². The van der Waals surface area contributed by atoms with E-state index in [1.807, 2.05) is 12.3 Å². The number of amides is 1. The maximum atomic E-state index is 11.4. The number of rotatable bonds is 4. The number of nitrogens with one attached hydrogen (secondary N) is 1. The predicted octanol–water partition coefficient (Wildman–Crippen LogP) is 1.74. The van der Waals surface area contributed by atoms with Crippen LogP contribution < -0.4 is 11.1 Å². The summed E-state index contributed by atoms with van der Waals surface area (Å²) in [6, 6.07) is 0. The van der Waals surface area contributed by atoms with Gasteiger partial charge in [0.05, 0.1) is 16.3 Å². The fourth-order valence-corrected chi connectivity index (χ4v) is 2.94. The van der Waals surface area contributed by atoms with Crippen LogP contribution in [0.4, 0.5) is 10.3 Å². The second kappa shape index (κ2) is 5.42. The minimum atomic E-state index is -0.226. The second-order valence-electron chi connectivity index (χ2n) is 3.49. The number of anilines is 2. The predicted molar refractivity (Wildman–Crippen MR) is 72.9 cm³/mol. The maximum Gasteiger partial charge on any atom is 0.252 e. The van der Waals surface area contributed by atoms with Crippen LogP contribution in [0.5, 0.6) is 0 Å². The van der Waals surface area contributed by atoms with Crippen LogP contribution >= 0.6 is 22.7 Å². The van der Waals surface area contributed by atoms with Crippen molar-refractivity contribution in [3.8, 4) is 10.6 Å². The monoisotopic (exact) mass is 284 g/mol. The quantitative estimate of drug-likeness (QED) is 0.892. The summed E-state index contributed by atoms with van der Waals surface area (Å²) in [5.74, 6) is -0.226. The highest BCUT2D eigenvalue weighted by molar-refractivity contribution is 7.19. The number of hydrogen-bond acceptors (Lipinski definition) is 7. The van der Waals surface area contributed by atoms with Crippen molar-refractivity contribution >= 4 is 38.8 Å². The van der Waals surface area contributed by atoms with Gasteiger partial charge in [0.2, 0.25) is 0 Å². The molecule has 2 aromatic heterocycles. The zero-order valence-electron chi connectivity index (χ0n) is 9.89. The lowest BCUT2D eigenvalue weighted by Crippen LogP contribution is -2.16. The lowest BCUT2D eigenvalue weighted by atomic mass is 10.3. The fraction of sp³-hybridized carbons (Fsp3) is 0.300. The molecule has 3 N–H and O–H groups in total. The zero-order chi connectivity index (χ0) is 13.1. The molecule has 0 saturated heterocycles. The van der Waals surface area contributed by atoms with E-state index < -0.39 is 0 Å². The first-order chi connectivity index (χ1) is 8.60. The third-order valence-corrected chi connectivity index (χ3v) is 3.84. The lowest BCUT2D eigenvalue weighted by Gasteiger charge is -1.98. The Morgan fingerprint density at radius 2 is 2.33 bits per heavy atom. The molecule has 1 amide bonds. The Labute approximate surface area is 112 Å². The number of ether oxygens (including phenoxy) is 1. The van der Waals surface area contributed by atoms with Gasteiger partial charge in [0.1, 0.15) is 6.61 Å². The normalized spacial score (nSPS) is 10.6. The summed E-state index contributed by atoms with van der Waals surface area (Å²) in [6.07, 6.45) is 0. The summed E-state index contributed by atoms with van der Waals surface area (Å²) >= 11 is 2.75. The fourth-order valence-electron chi connectivity index (χ4n) is 1.37. The molecule has 0 aromatic carbocycles. The molecule has 6 nitrogen and oxygen atoms in total. The lowest BCUT2D eigenvalue weighted by molar-refractivity contribution is -0.119. The van der Waals surface area contributed by atoms with E-state index in [-0.39, 0.29) is 12.5 Å². The van der Waals surface area contributed by atoms with Crippen molar-refractivity contribution in [1.29, 1.82) is 0 Å². The van der Waals surface area contributed by atoms with Crippen LogP contribution in [-0.2, 0) is 9.53 Å².